The van der Waals surface area contributed by atoms with E-state index in [1.165, 1.54) is 16.9 Å². The molecular weight excluding hydrogens is 422 g/mol. The van der Waals surface area contributed by atoms with E-state index in [0.29, 0.717) is 18.1 Å². The number of rotatable bonds is 7. The lowest BCUT2D eigenvalue weighted by atomic mass is 9.75. The Morgan fingerprint density at radius 1 is 1.12 bits per heavy atom. The van der Waals surface area contributed by atoms with Crippen molar-refractivity contribution in [3.8, 4) is 0 Å². The molecule has 0 spiro atoms. The highest BCUT2D eigenvalue weighted by atomic mass is 32.1. The van der Waals surface area contributed by atoms with Crippen LogP contribution in [0.25, 0.3) is 0 Å². The van der Waals surface area contributed by atoms with Crippen molar-refractivity contribution in [2.24, 2.45) is 0 Å². The number of likely N-dealkylation sites (N-methyl/N-ethyl adjacent to an activating group) is 1. The average Bonchev–Trinajstić information content (AvgIpc) is 3.26. The molecule has 1 atom stereocenters. The fourth-order valence-corrected chi connectivity index (χ4v) is 5.14. The van der Waals surface area contributed by atoms with E-state index in [0.717, 1.165) is 30.0 Å². The smallest absolute Gasteiger partial charge is 0.240 e. The Hall–Kier alpha value is -3.10. The Balaban J connectivity index is 1.39. The van der Waals surface area contributed by atoms with E-state index in [1.807, 2.05) is 47.5 Å². The van der Waals surface area contributed by atoms with Crippen molar-refractivity contribution in [2.45, 2.75) is 24.7 Å². The predicted octanol–water partition coefficient (Wildman–Crippen LogP) is 2.85. The molecule has 32 heavy (non-hydrogen) atoms. The van der Waals surface area contributed by atoms with Crippen LogP contribution in [0.3, 0.4) is 0 Å². The molecule has 2 amide bonds. The van der Waals surface area contributed by atoms with Crippen LogP contribution in [-0.2, 0) is 21.4 Å². The molecule has 2 aromatic heterocycles. The number of carbonyl (C=O) groups excluding carboxylic acids is 2. The Bertz CT molecular complexity index is 1060. The van der Waals surface area contributed by atoms with Gasteiger partial charge in [-0.1, -0.05) is 36.4 Å². The van der Waals surface area contributed by atoms with E-state index < -0.39 is 5.41 Å². The third-order valence-electron chi connectivity index (χ3n) is 5.78. The summed E-state index contributed by atoms with van der Waals surface area (Å²) < 4.78 is 0. The number of nitrogens with one attached hydrogen (secondary N) is 2. The molecule has 0 unspecified atom stereocenters. The monoisotopic (exact) mass is 449 g/mol. The van der Waals surface area contributed by atoms with Crippen LogP contribution in [0.1, 0.15) is 29.0 Å². The first-order valence-electron chi connectivity index (χ1n) is 10.7. The highest BCUT2D eigenvalue weighted by Crippen LogP contribution is 2.33. The van der Waals surface area contributed by atoms with Crippen molar-refractivity contribution < 1.29 is 9.59 Å². The summed E-state index contributed by atoms with van der Waals surface area (Å²) in [6.45, 7) is 1.42. The molecule has 7 nitrogen and oxygen atoms in total. The van der Waals surface area contributed by atoms with Gasteiger partial charge in [0.05, 0.1) is 12.2 Å². The lowest BCUT2D eigenvalue weighted by molar-refractivity contribution is -0.130. The third kappa shape index (κ3) is 5.03. The number of hydrogen-bond donors (Lipinski definition) is 2. The van der Waals surface area contributed by atoms with E-state index >= 15 is 0 Å². The molecule has 166 valence electrons. The predicted molar refractivity (Wildman–Crippen MR) is 126 cm³/mol. The Morgan fingerprint density at radius 3 is 2.69 bits per heavy atom. The molecule has 3 heterocycles. The topological polar surface area (TPSA) is 87.2 Å². The van der Waals surface area contributed by atoms with Gasteiger partial charge in [-0.2, -0.15) is 0 Å². The highest BCUT2D eigenvalue weighted by Gasteiger charge is 2.44. The molecule has 1 fully saturated rings. The molecule has 1 aliphatic heterocycles. The molecular formula is C24H27N5O2S. The SMILES string of the molecule is CNC(=O)[C@@]1(c2ccccn2)CCCN(CC(=O)Nc2ncc(Cc3ccccc3)s2)C1. The van der Waals surface area contributed by atoms with Gasteiger partial charge in [0.2, 0.25) is 11.8 Å². The van der Waals surface area contributed by atoms with Crippen LogP contribution in [0.15, 0.2) is 60.9 Å². The van der Waals surface area contributed by atoms with Crippen LogP contribution in [0.2, 0.25) is 0 Å². The maximum Gasteiger partial charge on any atom is 0.240 e. The van der Waals surface area contributed by atoms with Crippen molar-refractivity contribution in [1.29, 1.82) is 0 Å². The van der Waals surface area contributed by atoms with E-state index in [-0.39, 0.29) is 18.4 Å². The van der Waals surface area contributed by atoms with E-state index in [4.69, 9.17) is 0 Å². The summed E-state index contributed by atoms with van der Waals surface area (Å²) in [4.78, 5) is 37.6. The van der Waals surface area contributed by atoms with E-state index in [2.05, 4.69) is 32.7 Å². The van der Waals surface area contributed by atoms with Gasteiger partial charge in [-0.3, -0.25) is 19.5 Å². The number of carbonyl (C=O) groups is 2. The number of thiazole rings is 1. The normalized spacial score (nSPS) is 18.8. The summed E-state index contributed by atoms with van der Waals surface area (Å²) in [7, 11) is 1.65. The van der Waals surface area contributed by atoms with E-state index in [1.54, 1.807) is 13.2 Å². The van der Waals surface area contributed by atoms with Gasteiger partial charge in [0.25, 0.3) is 0 Å². The molecule has 1 aliphatic rings. The summed E-state index contributed by atoms with van der Waals surface area (Å²) in [5, 5.41) is 6.31. The van der Waals surface area contributed by atoms with Crippen molar-refractivity contribution in [1.82, 2.24) is 20.2 Å². The van der Waals surface area contributed by atoms with Crippen LogP contribution in [0, 0.1) is 0 Å². The summed E-state index contributed by atoms with van der Waals surface area (Å²) in [6.07, 6.45) is 5.83. The first-order chi connectivity index (χ1) is 15.6. The van der Waals surface area contributed by atoms with Crippen molar-refractivity contribution in [3.63, 3.8) is 0 Å². The second-order valence-corrected chi connectivity index (χ2v) is 9.15. The van der Waals surface area contributed by atoms with Crippen LogP contribution < -0.4 is 10.6 Å². The van der Waals surface area contributed by atoms with Crippen LogP contribution in [-0.4, -0.2) is 53.4 Å². The number of benzene rings is 1. The minimum absolute atomic E-state index is 0.0632. The molecule has 0 saturated carbocycles. The van der Waals surface area contributed by atoms with Crippen molar-refractivity contribution >= 4 is 28.3 Å². The van der Waals surface area contributed by atoms with Gasteiger partial charge < -0.3 is 10.6 Å². The number of likely N-dealkylation sites (tertiary alicyclic amines) is 1. The molecule has 4 rings (SSSR count). The lowest BCUT2D eigenvalue weighted by Crippen LogP contribution is -2.55. The average molecular weight is 450 g/mol. The van der Waals surface area contributed by atoms with Gasteiger partial charge in [-0.05, 0) is 37.1 Å². The summed E-state index contributed by atoms with van der Waals surface area (Å²) in [6, 6.07) is 15.8. The van der Waals surface area contributed by atoms with Gasteiger partial charge in [0.15, 0.2) is 5.13 Å². The Morgan fingerprint density at radius 2 is 1.94 bits per heavy atom. The second-order valence-electron chi connectivity index (χ2n) is 8.03. The first kappa shape index (κ1) is 22.1. The van der Waals surface area contributed by atoms with Crippen LogP contribution in [0.4, 0.5) is 5.13 Å². The second kappa shape index (κ2) is 10.0. The quantitative estimate of drug-likeness (QED) is 0.579. The van der Waals surface area contributed by atoms with Gasteiger partial charge >= 0.3 is 0 Å². The fourth-order valence-electron chi connectivity index (χ4n) is 4.28. The first-order valence-corrected chi connectivity index (χ1v) is 11.6. The number of nitrogens with zero attached hydrogens (tertiary/aromatic N) is 3. The molecule has 0 aliphatic carbocycles. The summed E-state index contributed by atoms with van der Waals surface area (Å²) >= 11 is 1.49. The van der Waals surface area contributed by atoms with Gasteiger partial charge in [-0.25, -0.2) is 4.98 Å². The number of aromatic nitrogens is 2. The third-order valence-corrected chi connectivity index (χ3v) is 6.69. The number of piperidine rings is 1. The van der Waals surface area contributed by atoms with Gasteiger partial charge in [0.1, 0.15) is 5.41 Å². The van der Waals surface area contributed by atoms with Crippen LogP contribution >= 0.6 is 11.3 Å². The molecule has 0 radical (unpaired) electrons. The number of hydrogen-bond acceptors (Lipinski definition) is 6. The fraction of sp³-hybridized carbons (Fsp3) is 0.333. The minimum Gasteiger partial charge on any atom is -0.358 e. The van der Waals surface area contributed by atoms with Gasteiger partial charge in [0, 0.05) is 37.3 Å². The number of pyridine rings is 1. The standard InChI is InChI=1S/C24H27N5O2S/c1-25-22(31)24(20-10-5-6-12-26-20)11-7-13-29(17-24)16-21(30)28-23-27-15-19(32-23)14-18-8-3-2-4-9-18/h2-6,8-10,12,15H,7,11,13-14,16-17H2,1H3,(H,25,31)(H,27,28,30)/t24-/m0/s1. The molecule has 0 bridgehead atoms. The zero-order valence-corrected chi connectivity index (χ0v) is 18.9. The summed E-state index contributed by atoms with van der Waals surface area (Å²) in [5.41, 5.74) is 1.20. The Labute approximate surface area is 191 Å². The summed E-state index contributed by atoms with van der Waals surface area (Å²) in [5.74, 6) is -0.189. The van der Waals surface area contributed by atoms with Crippen molar-refractivity contribution in [3.05, 3.63) is 77.1 Å². The number of amides is 2. The zero-order valence-electron chi connectivity index (χ0n) is 18.1. The minimum atomic E-state index is -0.751. The lowest BCUT2D eigenvalue weighted by Gasteiger charge is -2.40. The van der Waals surface area contributed by atoms with Crippen molar-refractivity contribution in [2.75, 3.05) is 32.0 Å². The maximum atomic E-state index is 12.9. The van der Waals surface area contributed by atoms with Crippen LogP contribution in [0.5, 0.6) is 0 Å². The van der Waals surface area contributed by atoms with Gasteiger partial charge in [-0.15, -0.1) is 11.3 Å². The highest BCUT2D eigenvalue weighted by molar-refractivity contribution is 7.15. The number of anilines is 1. The molecule has 3 aromatic rings. The zero-order chi connectivity index (χ0) is 22.4. The molecule has 1 saturated heterocycles. The molecule has 8 heteroatoms. The molecule has 2 N–H and O–H groups in total. The maximum absolute atomic E-state index is 12.9. The Kier molecular flexibility index (Phi) is 6.92. The largest absolute Gasteiger partial charge is 0.358 e. The molecule has 1 aromatic carbocycles. The van der Waals surface area contributed by atoms with E-state index in [9.17, 15) is 9.59 Å².